The number of nitrogens with zero attached hydrogens (tertiary/aromatic N) is 2. The summed E-state index contributed by atoms with van der Waals surface area (Å²) in [6.07, 6.45) is 1.56. The van der Waals surface area contributed by atoms with E-state index in [2.05, 4.69) is 50.9 Å². The van der Waals surface area contributed by atoms with Gasteiger partial charge < -0.3 is 9.64 Å². The molecule has 1 aromatic heterocycles. The lowest BCUT2D eigenvalue weighted by Gasteiger charge is -2.30. The second kappa shape index (κ2) is 9.63. The Bertz CT molecular complexity index is 1000. The first kappa shape index (κ1) is 22.3. The number of carbonyl (C=O) groups excluding carboxylic acids is 1. The summed E-state index contributed by atoms with van der Waals surface area (Å²) < 4.78 is 5.75. The van der Waals surface area contributed by atoms with E-state index in [9.17, 15) is 4.79 Å². The Balaban J connectivity index is 2.18. The lowest BCUT2D eigenvalue weighted by molar-refractivity contribution is 0.0988. The van der Waals surface area contributed by atoms with Gasteiger partial charge in [-0.15, -0.1) is 0 Å². The molecular formula is C24H27ClN2O2S. The van der Waals surface area contributed by atoms with Crippen LogP contribution >= 0.6 is 22.9 Å². The largest absolute Gasteiger partial charge is 0.497 e. The molecule has 0 spiro atoms. The van der Waals surface area contributed by atoms with E-state index in [4.69, 9.17) is 16.3 Å². The molecular weight excluding hydrogens is 416 g/mol. The van der Waals surface area contributed by atoms with Gasteiger partial charge in [-0.1, -0.05) is 81.0 Å². The smallest absolute Gasteiger partial charge is 0.270 e. The summed E-state index contributed by atoms with van der Waals surface area (Å²) >= 11 is 7.24. The Morgan fingerprint density at radius 3 is 2.27 bits per heavy atom. The molecule has 0 atom stereocenters. The van der Waals surface area contributed by atoms with Crippen molar-refractivity contribution in [3.05, 3.63) is 74.7 Å². The molecule has 0 radical (unpaired) electrons. The predicted octanol–water partition coefficient (Wildman–Crippen LogP) is 6.90. The van der Waals surface area contributed by atoms with Crippen LogP contribution < -0.4 is 9.64 Å². The lowest BCUT2D eigenvalue weighted by Crippen LogP contribution is -2.32. The molecule has 0 unspecified atom stereocenters. The van der Waals surface area contributed by atoms with E-state index in [1.807, 2.05) is 29.2 Å². The molecule has 0 saturated heterocycles. The Hall–Kier alpha value is -2.37. The van der Waals surface area contributed by atoms with Gasteiger partial charge in [-0.3, -0.25) is 4.79 Å². The fourth-order valence-electron chi connectivity index (χ4n) is 3.51. The minimum absolute atomic E-state index is 0.0998. The van der Waals surface area contributed by atoms with Gasteiger partial charge in [0.2, 0.25) is 0 Å². The molecule has 4 nitrogen and oxygen atoms in total. The van der Waals surface area contributed by atoms with Gasteiger partial charge in [0, 0.05) is 0 Å². The highest BCUT2D eigenvalue weighted by Crippen LogP contribution is 2.37. The van der Waals surface area contributed by atoms with Crippen molar-refractivity contribution in [2.24, 2.45) is 0 Å². The Morgan fingerprint density at radius 2 is 1.73 bits per heavy atom. The van der Waals surface area contributed by atoms with E-state index < -0.39 is 0 Å². The molecule has 6 heteroatoms. The second-order valence-corrected chi connectivity index (χ2v) is 9.43. The molecule has 0 fully saturated rings. The van der Waals surface area contributed by atoms with Crippen molar-refractivity contribution in [1.29, 1.82) is 0 Å². The van der Waals surface area contributed by atoms with Crippen molar-refractivity contribution >= 4 is 34.5 Å². The molecule has 2 aromatic carbocycles. The topological polar surface area (TPSA) is 42.4 Å². The number of halogens is 1. The maximum absolute atomic E-state index is 13.7. The van der Waals surface area contributed by atoms with Crippen LogP contribution in [-0.4, -0.2) is 18.0 Å². The van der Waals surface area contributed by atoms with E-state index in [1.54, 1.807) is 13.3 Å². The molecule has 0 aliphatic carbocycles. The first-order chi connectivity index (χ1) is 14.3. The molecule has 0 bridgehead atoms. The lowest BCUT2D eigenvalue weighted by atomic mass is 9.91. The van der Waals surface area contributed by atoms with Crippen LogP contribution in [0.25, 0.3) is 0 Å². The average molecular weight is 443 g/mol. The maximum Gasteiger partial charge on any atom is 0.270 e. The predicted molar refractivity (Wildman–Crippen MR) is 125 cm³/mol. The highest BCUT2D eigenvalue weighted by molar-refractivity contribution is 7.17. The molecule has 0 N–H and O–H groups in total. The van der Waals surface area contributed by atoms with Crippen molar-refractivity contribution in [3.63, 3.8) is 0 Å². The number of para-hydroxylation sites is 1. The third-order valence-electron chi connectivity index (χ3n) is 5.02. The Morgan fingerprint density at radius 1 is 1.10 bits per heavy atom. The Labute approximate surface area is 187 Å². The van der Waals surface area contributed by atoms with Crippen molar-refractivity contribution in [2.45, 2.75) is 46.1 Å². The van der Waals surface area contributed by atoms with Gasteiger partial charge in [-0.2, -0.15) is 0 Å². The van der Waals surface area contributed by atoms with Crippen LogP contribution in [-0.2, 0) is 6.54 Å². The van der Waals surface area contributed by atoms with Gasteiger partial charge in [-0.05, 0) is 40.7 Å². The summed E-state index contributed by atoms with van der Waals surface area (Å²) in [6.45, 7) is 9.04. The first-order valence-corrected chi connectivity index (χ1v) is 11.2. The van der Waals surface area contributed by atoms with Gasteiger partial charge in [0.25, 0.3) is 5.91 Å². The number of benzene rings is 2. The number of hydrogen-bond acceptors (Lipinski definition) is 4. The molecule has 0 aliphatic heterocycles. The molecule has 0 saturated carbocycles. The van der Waals surface area contributed by atoms with Crippen LogP contribution in [0.5, 0.6) is 5.75 Å². The van der Waals surface area contributed by atoms with Gasteiger partial charge in [0.1, 0.15) is 10.6 Å². The summed E-state index contributed by atoms with van der Waals surface area (Å²) in [7, 11) is 1.65. The summed E-state index contributed by atoms with van der Waals surface area (Å²) in [6, 6.07) is 14.1. The maximum atomic E-state index is 13.7. The van der Waals surface area contributed by atoms with Gasteiger partial charge in [0.05, 0.1) is 25.5 Å². The minimum atomic E-state index is -0.0998. The minimum Gasteiger partial charge on any atom is -0.497 e. The van der Waals surface area contributed by atoms with Crippen molar-refractivity contribution in [1.82, 2.24) is 4.98 Å². The summed E-state index contributed by atoms with van der Waals surface area (Å²) in [5, 5.41) is 0. The molecule has 158 valence electrons. The van der Waals surface area contributed by atoms with E-state index >= 15 is 0 Å². The molecule has 3 aromatic rings. The average Bonchev–Trinajstić information content (AvgIpc) is 3.17. The van der Waals surface area contributed by atoms with Crippen molar-refractivity contribution in [3.8, 4) is 5.75 Å². The third-order valence-corrected chi connectivity index (χ3v) is 6.12. The highest BCUT2D eigenvalue weighted by Gasteiger charge is 2.27. The van der Waals surface area contributed by atoms with Crippen molar-refractivity contribution < 1.29 is 9.53 Å². The van der Waals surface area contributed by atoms with Crippen LogP contribution in [0.15, 0.2) is 48.7 Å². The summed E-state index contributed by atoms with van der Waals surface area (Å²) in [5.41, 5.74) is 4.26. The number of thiazole rings is 1. The highest BCUT2D eigenvalue weighted by atomic mass is 35.5. The SMILES string of the molecule is COc1cccc(CN(C(=O)c2cnc(Cl)s2)c2c(C(C)C)cccc2C(C)C)c1. The summed E-state index contributed by atoms with van der Waals surface area (Å²) in [4.78, 5) is 20.1. The molecule has 30 heavy (non-hydrogen) atoms. The van der Waals surface area contributed by atoms with Crippen molar-refractivity contribution in [2.75, 3.05) is 12.0 Å². The summed E-state index contributed by atoms with van der Waals surface area (Å²) in [5.74, 6) is 1.20. The first-order valence-electron chi connectivity index (χ1n) is 10.0. The number of aromatic nitrogens is 1. The van der Waals surface area contributed by atoms with E-state index in [1.165, 1.54) is 11.3 Å². The third kappa shape index (κ3) is 4.85. The number of carbonyl (C=O) groups is 1. The second-order valence-electron chi connectivity index (χ2n) is 7.81. The zero-order chi connectivity index (χ0) is 21.8. The fourth-order valence-corrected chi connectivity index (χ4v) is 4.40. The number of amides is 1. The monoisotopic (exact) mass is 442 g/mol. The van der Waals surface area contributed by atoms with Crippen LogP contribution in [0, 0.1) is 0 Å². The number of ether oxygens (including phenoxy) is 1. The van der Waals surface area contributed by atoms with Crippen LogP contribution in [0.3, 0.4) is 0 Å². The molecule has 0 aliphatic rings. The molecule has 1 amide bonds. The van der Waals surface area contributed by atoms with Gasteiger partial charge in [-0.25, -0.2) is 4.98 Å². The van der Waals surface area contributed by atoms with E-state index in [0.29, 0.717) is 15.9 Å². The van der Waals surface area contributed by atoms with E-state index in [-0.39, 0.29) is 17.7 Å². The van der Waals surface area contributed by atoms with Crippen LogP contribution in [0.2, 0.25) is 4.47 Å². The fraction of sp³-hybridized carbons (Fsp3) is 0.333. The van der Waals surface area contributed by atoms with Crippen LogP contribution in [0.1, 0.15) is 65.9 Å². The number of hydrogen-bond donors (Lipinski definition) is 0. The van der Waals surface area contributed by atoms with Gasteiger partial charge >= 0.3 is 0 Å². The number of methoxy groups -OCH3 is 1. The Kier molecular flexibility index (Phi) is 7.16. The quantitative estimate of drug-likeness (QED) is 0.399. The van der Waals surface area contributed by atoms with Gasteiger partial charge in [0.15, 0.2) is 4.47 Å². The standard InChI is InChI=1S/C24H27ClN2O2S/c1-15(2)19-10-7-11-20(16(3)4)22(19)27(23(28)21-13-26-24(25)30-21)14-17-8-6-9-18(12-17)29-5/h6-13,15-16H,14H2,1-5H3. The number of rotatable bonds is 7. The van der Waals surface area contributed by atoms with Crippen LogP contribution in [0.4, 0.5) is 5.69 Å². The zero-order valence-corrected chi connectivity index (χ0v) is 19.6. The van der Waals surface area contributed by atoms with E-state index in [0.717, 1.165) is 28.1 Å². The number of anilines is 1. The molecule has 3 rings (SSSR count). The zero-order valence-electron chi connectivity index (χ0n) is 18.0. The normalized spacial score (nSPS) is 11.2. The molecule has 1 heterocycles.